The van der Waals surface area contributed by atoms with Crippen LogP contribution in [0.5, 0.6) is 5.75 Å². The van der Waals surface area contributed by atoms with Gasteiger partial charge in [0.2, 0.25) is 0 Å². The Morgan fingerprint density at radius 2 is 2.27 bits per heavy atom. The highest BCUT2D eigenvalue weighted by molar-refractivity contribution is 5.66. The predicted octanol–water partition coefficient (Wildman–Crippen LogP) is 2.54. The number of hydrogen-bond donors (Lipinski definition) is 1. The van der Waals surface area contributed by atoms with Crippen LogP contribution in [-0.4, -0.2) is 48.9 Å². The summed E-state index contributed by atoms with van der Waals surface area (Å²) in [5.41, 5.74) is 1.12. The minimum absolute atomic E-state index is 0.202. The van der Waals surface area contributed by atoms with Crippen LogP contribution in [0.25, 0.3) is 0 Å². The van der Waals surface area contributed by atoms with Gasteiger partial charge in [0.05, 0.1) is 13.2 Å². The molecule has 5 heteroatoms. The number of carboxylic acid groups (broad SMARTS) is 1. The first kappa shape index (κ1) is 16.8. The van der Waals surface area contributed by atoms with E-state index in [1.165, 1.54) is 0 Å². The smallest absolute Gasteiger partial charge is 0.303 e. The van der Waals surface area contributed by atoms with Crippen LogP contribution < -0.4 is 4.74 Å². The Labute approximate surface area is 131 Å². The average molecular weight is 307 g/mol. The first-order chi connectivity index (χ1) is 10.7. The molecule has 0 amide bonds. The Morgan fingerprint density at radius 1 is 1.45 bits per heavy atom. The lowest BCUT2D eigenvalue weighted by Crippen LogP contribution is -2.33. The van der Waals surface area contributed by atoms with E-state index in [4.69, 9.17) is 14.6 Å². The molecular weight excluding hydrogens is 282 g/mol. The Hall–Kier alpha value is -1.59. The lowest BCUT2D eigenvalue weighted by Gasteiger charge is -2.25. The summed E-state index contributed by atoms with van der Waals surface area (Å²) in [6.45, 7) is 3.19. The standard InChI is InChI=1S/C17H25NO4/c1-21-16-8-3-2-6-14(16)12-18(10-4-9-17(19)20)13-15-7-5-11-22-15/h2-3,6,8,15H,4-5,7,9-13H2,1H3,(H,19,20)/t15-/m0/s1. The molecule has 5 nitrogen and oxygen atoms in total. The Kier molecular flexibility index (Phi) is 6.68. The monoisotopic (exact) mass is 307 g/mol. The van der Waals surface area contributed by atoms with Gasteiger partial charge in [0.1, 0.15) is 5.75 Å². The molecular formula is C17H25NO4. The van der Waals surface area contributed by atoms with Gasteiger partial charge in [0, 0.05) is 31.7 Å². The van der Waals surface area contributed by atoms with Gasteiger partial charge >= 0.3 is 5.97 Å². The number of benzene rings is 1. The van der Waals surface area contributed by atoms with Crippen molar-refractivity contribution >= 4 is 5.97 Å². The van der Waals surface area contributed by atoms with E-state index in [9.17, 15) is 4.79 Å². The first-order valence-corrected chi connectivity index (χ1v) is 7.86. The summed E-state index contributed by atoms with van der Waals surface area (Å²) < 4.78 is 11.1. The number of carboxylic acids is 1. The van der Waals surface area contributed by atoms with Crippen molar-refractivity contribution in [2.24, 2.45) is 0 Å². The normalized spacial score (nSPS) is 17.8. The molecule has 0 aromatic heterocycles. The van der Waals surface area contributed by atoms with Gasteiger partial charge in [-0.25, -0.2) is 0 Å². The molecule has 1 N–H and O–H groups in total. The largest absolute Gasteiger partial charge is 0.496 e. The molecule has 22 heavy (non-hydrogen) atoms. The van der Waals surface area contributed by atoms with Gasteiger partial charge in [-0.15, -0.1) is 0 Å². The molecule has 1 aromatic carbocycles. The van der Waals surface area contributed by atoms with Crippen LogP contribution in [0.3, 0.4) is 0 Å². The molecule has 1 fully saturated rings. The van der Waals surface area contributed by atoms with Gasteiger partial charge in [-0.3, -0.25) is 9.69 Å². The van der Waals surface area contributed by atoms with Crippen molar-refractivity contribution < 1.29 is 19.4 Å². The van der Waals surface area contributed by atoms with Crippen LogP contribution in [0.15, 0.2) is 24.3 Å². The number of aliphatic carboxylic acids is 1. The van der Waals surface area contributed by atoms with Gasteiger partial charge in [-0.1, -0.05) is 18.2 Å². The molecule has 0 bridgehead atoms. The van der Waals surface area contributed by atoms with Crippen molar-refractivity contribution in [3.05, 3.63) is 29.8 Å². The van der Waals surface area contributed by atoms with Crippen LogP contribution >= 0.6 is 0 Å². The molecule has 1 heterocycles. The maximum absolute atomic E-state index is 10.7. The van der Waals surface area contributed by atoms with E-state index in [1.54, 1.807) is 7.11 Å². The van der Waals surface area contributed by atoms with Crippen molar-refractivity contribution in [2.45, 2.75) is 38.3 Å². The maximum Gasteiger partial charge on any atom is 0.303 e. The van der Waals surface area contributed by atoms with E-state index in [-0.39, 0.29) is 12.5 Å². The number of ether oxygens (including phenoxy) is 2. The topological polar surface area (TPSA) is 59.0 Å². The lowest BCUT2D eigenvalue weighted by molar-refractivity contribution is -0.137. The van der Waals surface area contributed by atoms with Crippen LogP contribution in [0.2, 0.25) is 0 Å². The average Bonchev–Trinajstić information content (AvgIpc) is 3.00. The van der Waals surface area contributed by atoms with Crippen molar-refractivity contribution in [2.75, 3.05) is 26.8 Å². The third-order valence-corrected chi connectivity index (χ3v) is 3.94. The van der Waals surface area contributed by atoms with E-state index < -0.39 is 5.97 Å². The molecule has 1 saturated heterocycles. The van der Waals surface area contributed by atoms with E-state index >= 15 is 0 Å². The summed E-state index contributed by atoms with van der Waals surface area (Å²) in [7, 11) is 1.67. The van der Waals surface area contributed by atoms with Gasteiger partial charge in [0.25, 0.3) is 0 Å². The van der Waals surface area contributed by atoms with Crippen molar-refractivity contribution in [3.8, 4) is 5.75 Å². The summed E-state index contributed by atoms with van der Waals surface area (Å²) in [4.78, 5) is 13.0. The van der Waals surface area contributed by atoms with Crippen LogP contribution in [-0.2, 0) is 16.1 Å². The summed E-state index contributed by atoms with van der Waals surface area (Å²) >= 11 is 0. The van der Waals surface area contributed by atoms with Gasteiger partial charge < -0.3 is 14.6 Å². The van der Waals surface area contributed by atoms with E-state index in [0.717, 1.165) is 50.4 Å². The fourth-order valence-corrected chi connectivity index (χ4v) is 2.84. The summed E-state index contributed by atoms with van der Waals surface area (Å²) in [6, 6.07) is 7.96. The zero-order valence-corrected chi connectivity index (χ0v) is 13.2. The molecule has 0 aliphatic carbocycles. The highest BCUT2D eigenvalue weighted by Crippen LogP contribution is 2.21. The Bertz CT molecular complexity index is 471. The molecule has 1 aromatic rings. The molecule has 0 unspecified atom stereocenters. The van der Waals surface area contributed by atoms with E-state index in [1.807, 2.05) is 18.2 Å². The first-order valence-electron chi connectivity index (χ1n) is 7.86. The van der Waals surface area contributed by atoms with Crippen LogP contribution in [0.1, 0.15) is 31.2 Å². The highest BCUT2D eigenvalue weighted by Gasteiger charge is 2.20. The fraction of sp³-hybridized carbons (Fsp3) is 0.588. The molecule has 0 radical (unpaired) electrons. The van der Waals surface area contributed by atoms with Gasteiger partial charge in [-0.2, -0.15) is 0 Å². The quantitative estimate of drug-likeness (QED) is 0.760. The van der Waals surface area contributed by atoms with Crippen molar-refractivity contribution in [1.29, 1.82) is 0 Å². The predicted molar refractivity (Wildman–Crippen MR) is 84.1 cm³/mol. The minimum Gasteiger partial charge on any atom is -0.496 e. The third kappa shape index (κ3) is 5.31. The Balaban J connectivity index is 1.96. The van der Waals surface area contributed by atoms with Gasteiger partial charge in [0.15, 0.2) is 0 Å². The zero-order valence-electron chi connectivity index (χ0n) is 13.2. The maximum atomic E-state index is 10.7. The second kappa shape index (κ2) is 8.76. The summed E-state index contributed by atoms with van der Waals surface area (Å²) in [5, 5.41) is 8.82. The second-order valence-corrected chi connectivity index (χ2v) is 5.68. The molecule has 1 atom stereocenters. The van der Waals surface area contributed by atoms with E-state index in [2.05, 4.69) is 11.0 Å². The van der Waals surface area contributed by atoms with Crippen molar-refractivity contribution in [3.63, 3.8) is 0 Å². The minimum atomic E-state index is -0.741. The fourth-order valence-electron chi connectivity index (χ4n) is 2.84. The van der Waals surface area contributed by atoms with Crippen LogP contribution in [0, 0.1) is 0 Å². The number of rotatable bonds is 9. The number of para-hydroxylation sites is 1. The summed E-state index contributed by atoms with van der Waals surface area (Å²) in [5.74, 6) is 0.132. The molecule has 2 rings (SSSR count). The van der Waals surface area contributed by atoms with E-state index in [0.29, 0.717) is 6.42 Å². The highest BCUT2D eigenvalue weighted by atomic mass is 16.5. The number of nitrogens with zero attached hydrogens (tertiary/aromatic N) is 1. The zero-order chi connectivity index (χ0) is 15.8. The molecule has 0 spiro atoms. The molecule has 122 valence electrons. The van der Waals surface area contributed by atoms with Gasteiger partial charge in [-0.05, 0) is 31.9 Å². The lowest BCUT2D eigenvalue weighted by atomic mass is 10.1. The molecule has 1 aliphatic rings. The second-order valence-electron chi connectivity index (χ2n) is 5.68. The Morgan fingerprint density at radius 3 is 2.95 bits per heavy atom. The van der Waals surface area contributed by atoms with Crippen LogP contribution in [0.4, 0.5) is 0 Å². The van der Waals surface area contributed by atoms with Crippen molar-refractivity contribution in [1.82, 2.24) is 4.90 Å². The number of methoxy groups -OCH3 is 1. The SMILES string of the molecule is COc1ccccc1CN(CCCC(=O)O)C[C@@H]1CCCO1. The number of hydrogen-bond acceptors (Lipinski definition) is 4. The molecule has 0 saturated carbocycles. The third-order valence-electron chi connectivity index (χ3n) is 3.94. The number of carbonyl (C=O) groups is 1. The summed E-state index contributed by atoms with van der Waals surface area (Å²) in [6.07, 6.45) is 3.31. The molecule has 1 aliphatic heterocycles.